The summed E-state index contributed by atoms with van der Waals surface area (Å²) in [6, 6.07) is 24.9. The van der Waals surface area contributed by atoms with Crippen LogP contribution < -0.4 is 15.4 Å². The Morgan fingerprint density at radius 2 is 1.54 bits per heavy atom. The van der Waals surface area contributed by atoms with Crippen molar-refractivity contribution in [3.8, 4) is 5.75 Å². The van der Waals surface area contributed by atoms with E-state index in [0.717, 1.165) is 24.3 Å². The third-order valence-corrected chi connectivity index (χ3v) is 5.74. The molecule has 0 aromatic heterocycles. The molecule has 4 rings (SSSR count). The summed E-state index contributed by atoms with van der Waals surface area (Å²) in [5, 5.41) is 5.96. The lowest BCUT2D eigenvalue weighted by molar-refractivity contribution is -0.114. The van der Waals surface area contributed by atoms with E-state index in [1.165, 1.54) is 5.56 Å². The molecule has 0 bridgehead atoms. The van der Waals surface area contributed by atoms with Gasteiger partial charge in [0.25, 0.3) is 5.91 Å². The molecule has 0 aliphatic carbocycles. The molecule has 0 radical (unpaired) electrons. The van der Waals surface area contributed by atoms with Gasteiger partial charge in [0.2, 0.25) is 5.91 Å². The summed E-state index contributed by atoms with van der Waals surface area (Å²) < 4.78 is 11.1. The van der Waals surface area contributed by atoms with Crippen LogP contribution >= 0.6 is 0 Å². The number of amides is 2. The Kier molecular flexibility index (Phi) is 8.73. The molecule has 2 amide bonds. The van der Waals surface area contributed by atoms with Gasteiger partial charge in [-0.1, -0.05) is 30.3 Å². The summed E-state index contributed by atoms with van der Waals surface area (Å²) in [6.07, 6.45) is 1.92. The third kappa shape index (κ3) is 7.58. The lowest BCUT2D eigenvalue weighted by atomic mass is 10.1. The van der Waals surface area contributed by atoms with Crippen LogP contribution in [-0.2, 0) is 16.0 Å². The predicted octanol–water partition coefficient (Wildman–Crippen LogP) is 4.22. The van der Waals surface area contributed by atoms with Gasteiger partial charge < -0.3 is 25.0 Å². The third-order valence-electron chi connectivity index (χ3n) is 5.74. The Morgan fingerprint density at radius 3 is 2.26 bits per heavy atom. The second kappa shape index (κ2) is 12.6. The number of carbonyl (C=O) groups excluding carboxylic acids is 2. The lowest BCUT2D eigenvalue weighted by Crippen LogP contribution is -2.40. The van der Waals surface area contributed by atoms with Crippen LogP contribution in [0.1, 0.15) is 22.3 Å². The van der Waals surface area contributed by atoms with Gasteiger partial charge in [-0.25, -0.2) is 0 Å². The van der Waals surface area contributed by atoms with Gasteiger partial charge in [0.05, 0.1) is 26.4 Å². The van der Waals surface area contributed by atoms with Gasteiger partial charge >= 0.3 is 0 Å². The van der Waals surface area contributed by atoms with E-state index in [1.54, 1.807) is 17.0 Å². The van der Waals surface area contributed by atoms with E-state index in [1.807, 2.05) is 54.6 Å². The van der Waals surface area contributed by atoms with Crippen LogP contribution in [-0.4, -0.2) is 56.2 Å². The number of nitrogens with one attached hydrogen (secondary N) is 2. The summed E-state index contributed by atoms with van der Waals surface area (Å²) in [7, 11) is 0. The molecule has 1 saturated heterocycles. The first-order valence-electron chi connectivity index (χ1n) is 11.9. The van der Waals surface area contributed by atoms with Gasteiger partial charge in [0.1, 0.15) is 5.75 Å². The van der Waals surface area contributed by atoms with Gasteiger partial charge in [-0.3, -0.25) is 9.59 Å². The fraction of sp³-hybridized carbons (Fsp3) is 0.286. The summed E-state index contributed by atoms with van der Waals surface area (Å²) >= 11 is 0. The molecule has 2 N–H and O–H groups in total. The first-order valence-corrected chi connectivity index (χ1v) is 11.9. The fourth-order valence-electron chi connectivity index (χ4n) is 3.81. The number of benzene rings is 3. The van der Waals surface area contributed by atoms with E-state index >= 15 is 0 Å². The van der Waals surface area contributed by atoms with E-state index in [2.05, 4.69) is 22.8 Å². The summed E-state index contributed by atoms with van der Waals surface area (Å²) in [4.78, 5) is 26.6. The van der Waals surface area contributed by atoms with E-state index in [0.29, 0.717) is 44.2 Å². The summed E-state index contributed by atoms with van der Waals surface area (Å²) in [6.45, 7) is 3.13. The molecule has 7 heteroatoms. The van der Waals surface area contributed by atoms with Crippen LogP contribution in [0, 0.1) is 0 Å². The highest BCUT2D eigenvalue weighted by Gasteiger charge is 2.18. The summed E-state index contributed by atoms with van der Waals surface area (Å²) in [5.41, 5.74) is 3.42. The molecule has 182 valence electrons. The molecular weight excluding hydrogens is 442 g/mol. The second-order valence-corrected chi connectivity index (χ2v) is 8.35. The SMILES string of the molecule is O=C(CNc1ccc(C(=O)N2CCOCC2)cc1)Nc1ccc(OCCCc2ccccc2)cc1. The monoisotopic (exact) mass is 473 g/mol. The number of hydrogen-bond acceptors (Lipinski definition) is 5. The lowest BCUT2D eigenvalue weighted by Gasteiger charge is -2.26. The van der Waals surface area contributed by atoms with Crippen LogP contribution in [0.3, 0.4) is 0 Å². The average Bonchev–Trinajstić information content (AvgIpc) is 2.92. The first kappa shape index (κ1) is 24.3. The molecule has 1 heterocycles. The van der Waals surface area contributed by atoms with Crippen molar-refractivity contribution in [2.24, 2.45) is 0 Å². The van der Waals surface area contributed by atoms with E-state index in [9.17, 15) is 9.59 Å². The van der Waals surface area contributed by atoms with E-state index in [4.69, 9.17) is 9.47 Å². The van der Waals surface area contributed by atoms with Crippen molar-refractivity contribution in [3.05, 3.63) is 90.0 Å². The Labute approximate surface area is 206 Å². The molecule has 1 aliphatic rings. The Morgan fingerprint density at radius 1 is 0.857 bits per heavy atom. The Hall–Kier alpha value is -3.84. The molecule has 1 aliphatic heterocycles. The molecule has 7 nitrogen and oxygen atoms in total. The number of rotatable bonds is 10. The normalized spacial score (nSPS) is 13.2. The molecule has 35 heavy (non-hydrogen) atoms. The average molecular weight is 474 g/mol. The van der Waals surface area contributed by atoms with Gasteiger partial charge in [-0.15, -0.1) is 0 Å². The van der Waals surface area contributed by atoms with Crippen LogP contribution in [0.15, 0.2) is 78.9 Å². The van der Waals surface area contributed by atoms with Crippen molar-refractivity contribution in [2.75, 3.05) is 50.1 Å². The van der Waals surface area contributed by atoms with Crippen molar-refractivity contribution >= 4 is 23.2 Å². The maximum Gasteiger partial charge on any atom is 0.254 e. The maximum absolute atomic E-state index is 12.5. The first-order chi connectivity index (χ1) is 17.2. The van der Waals surface area contributed by atoms with Crippen molar-refractivity contribution < 1.29 is 19.1 Å². The van der Waals surface area contributed by atoms with Crippen LogP contribution in [0.2, 0.25) is 0 Å². The number of ether oxygens (including phenoxy) is 2. The molecule has 0 saturated carbocycles. The summed E-state index contributed by atoms with van der Waals surface area (Å²) in [5.74, 6) is 0.622. The number of hydrogen-bond donors (Lipinski definition) is 2. The van der Waals surface area contributed by atoms with Crippen LogP contribution in [0.4, 0.5) is 11.4 Å². The quantitative estimate of drug-likeness (QED) is 0.431. The topological polar surface area (TPSA) is 79.9 Å². The minimum Gasteiger partial charge on any atom is -0.494 e. The molecule has 0 spiro atoms. The van der Waals surface area contributed by atoms with Gasteiger partial charge in [-0.05, 0) is 66.9 Å². The number of carbonyl (C=O) groups is 2. The zero-order valence-electron chi connectivity index (χ0n) is 19.7. The van der Waals surface area contributed by atoms with Crippen molar-refractivity contribution in [3.63, 3.8) is 0 Å². The van der Waals surface area contributed by atoms with Crippen molar-refractivity contribution in [1.82, 2.24) is 4.90 Å². The molecule has 1 fully saturated rings. The largest absolute Gasteiger partial charge is 0.494 e. The van der Waals surface area contributed by atoms with Gasteiger partial charge in [0.15, 0.2) is 0 Å². The molecule has 0 atom stereocenters. The molecule has 0 unspecified atom stereocenters. The predicted molar refractivity (Wildman–Crippen MR) is 137 cm³/mol. The standard InChI is InChI=1S/C28H31N3O4/c32-27(21-29-24-10-8-23(9-11-24)28(33)31-16-19-34-20-17-31)30-25-12-14-26(15-13-25)35-18-4-7-22-5-2-1-3-6-22/h1-3,5-6,8-15,29H,4,7,16-21H2,(H,30,32). The number of morpholine rings is 1. The number of nitrogens with zero attached hydrogens (tertiary/aromatic N) is 1. The molecular formula is C28H31N3O4. The Balaban J connectivity index is 1.16. The van der Waals surface area contributed by atoms with Crippen LogP contribution in [0.25, 0.3) is 0 Å². The van der Waals surface area contributed by atoms with E-state index < -0.39 is 0 Å². The molecule has 3 aromatic carbocycles. The minimum atomic E-state index is -0.157. The van der Waals surface area contributed by atoms with Gasteiger partial charge in [0, 0.05) is 30.0 Å². The Bertz CT molecular complexity index is 1080. The smallest absolute Gasteiger partial charge is 0.254 e. The number of aryl methyl sites for hydroxylation is 1. The minimum absolute atomic E-state index is 0.00112. The second-order valence-electron chi connectivity index (χ2n) is 8.35. The highest BCUT2D eigenvalue weighted by Crippen LogP contribution is 2.17. The van der Waals surface area contributed by atoms with Crippen molar-refractivity contribution in [1.29, 1.82) is 0 Å². The highest BCUT2D eigenvalue weighted by molar-refractivity contribution is 5.95. The van der Waals surface area contributed by atoms with Crippen molar-refractivity contribution in [2.45, 2.75) is 12.8 Å². The zero-order chi connectivity index (χ0) is 24.3. The highest BCUT2D eigenvalue weighted by atomic mass is 16.5. The van der Waals surface area contributed by atoms with Crippen LogP contribution in [0.5, 0.6) is 5.75 Å². The van der Waals surface area contributed by atoms with Gasteiger partial charge in [-0.2, -0.15) is 0 Å². The fourth-order valence-corrected chi connectivity index (χ4v) is 3.81. The zero-order valence-corrected chi connectivity index (χ0v) is 19.7. The number of anilines is 2. The maximum atomic E-state index is 12.5. The molecule has 3 aromatic rings. The van der Waals surface area contributed by atoms with E-state index in [-0.39, 0.29) is 18.4 Å².